The third-order valence-electron chi connectivity index (χ3n) is 6.40. The van der Waals surface area contributed by atoms with Crippen LogP contribution in [0.25, 0.3) is 0 Å². The molecule has 8 heteroatoms. The van der Waals surface area contributed by atoms with Gasteiger partial charge >= 0.3 is 0 Å². The fourth-order valence-corrected chi connectivity index (χ4v) is 5.78. The molecule has 0 radical (unpaired) electrons. The van der Waals surface area contributed by atoms with Gasteiger partial charge in [-0.3, -0.25) is 4.79 Å². The van der Waals surface area contributed by atoms with E-state index in [1.807, 2.05) is 26.0 Å². The summed E-state index contributed by atoms with van der Waals surface area (Å²) < 4.78 is 33.9. The molecule has 2 aromatic carbocycles. The van der Waals surface area contributed by atoms with Gasteiger partial charge in [0.1, 0.15) is 5.75 Å². The average molecular weight is 460 g/mol. The Morgan fingerprint density at radius 2 is 1.66 bits per heavy atom. The summed E-state index contributed by atoms with van der Waals surface area (Å²) in [6, 6.07) is 7.11. The summed E-state index contributed by atoms with van der Waals surface area (Å²) in [5.41, 5.74) is 4.32. The molecule has 3 rings (SSSR count). The van der Waals surface area contributed by atoms with E-state index in [9.17, 15) is 13.2 Å². The highest BCUT2D eigenvalue weighted by Gasteiger charge is 2.26. The Morgan fingerprint density at radius 1 is 1.00 bits per heavy atom. The van der Waals surface area contributed by atoms with Crippen molar-refractivity contribution in [1.29, 1.82) is 0 Å². The first-order chi connectivity index (χ1) is 15.1. The van der Waals surface area contributed by atoms with E-state index in [2.05, 4.69) is 21.4 Å². The van der Waals surface area contributed by atoms with E-state index in [0.717, 1.165) is 49.5 Å². The van der Waals surface area contributed by atoms with Gasteiger partial charge in [0, 0.05) is 37.9 Å². The van der Waals surface area contributed by atoms with E-state index in [1.165, 1.54) is 7.11 Å². The second-order valence-corrected chi connectivity index (χ2v) is 9.95. The normalized spacial score (nSPS) is 15.0. The van der Waals surface area contributed by atoms with Crippen LogP contribution in [0.1, 0.15) is 39.5 Å². The van der Waals surface area contributed by atoms with Crippen molar-refractivity contribution in [3.63, 3.8) is 0 Å². The van der Waals surface area contributed by atoms with Gasteiger partial charge in [0.05, 0.1) is 17.6 Å². The molecule has 1 aliphatic rings. The molecule has 0 bridgehead atoms. The zero-order valence-corrected chi connectivity index (χ0v) is 20.6. The number of carbonyl (C=O) groups excluding carboxylic acids is 1. The smallest absolute Gasteiger partial charge is 0.268 e. The third kappa shape index (κ3) is 4.76. The van der Waals surface area contributed by atoms with E-state index in [4.69, 9.17) is 4.74 Å². The molecule has 1 aliphatic heterocycles. The summed E-state index contributed by atoms with van der Waals surface area (Å²) in [5.74, 6) is -0.358. The van der Waals surface area contributed by atoms with Crippen LogP contribution < -0.4 is 14.4 Å². The first-order valence-electron chi connectivity index (χ1n) is 10.9. The lowest BCUT2D eigenvalue weighted by Crippen LogP contribution is -2.46. The molecule has 1 saturated heterocycles. The summed E-state index contributed by atoms with van der Waals surface area (Å²) >= 11 is 0. The van der Waals surface area contributed by atoms with Crippen LogP contribution in [0.2, 0.25) is 0 Å². The van der Waals surface area contributed by atoms with Gasteiger partial charge in [-0.1, -0.05) is 13.0 Å². The molecule has 1 fully saturated rings. The predicted molar refractivity (Wildman–Crippen MR) is 127 cm³/mol. The van der Waals surface area contributed by atoms with Crippen molar-refractivity contribution in [3.8, 4) is 5.75 Å². The van der Waals surface area contributed by atoms with E-state index in [1.54, 1.807) is 26.0 Å². The first kappa shape index (κ1) is 24.1. The van der Waals surface area contributed by atoms with Crippen molar-refractivity contribution in [2.45, 2.75) is 39.5 Å². The van der Waals surface area contributed by atoms with E-state index >= 15 is 0 Å². The molecular weight excluding hydrogens is 426 g/mol. The third-order valence-corrected chi connectivity index (χ3v) is 8.02. The molecule has 32 heavy (non-hydrogen) atoms. The molecule has 1 heterocycles. The van der Waals surface area contributed by atoms with Crippen LogP contribution in [0.5, 0.6) is 5.75 Å². The van der Waals surface area contributed by atoms with Gasteiger partial charge < -0.3 is 14.5 Å². The number of nitrogens with one attached hydrogen (secondary N) is 1. The van der Waals surface area contributed by atoms with Gasteiger partial charge in [0.15, 0.2) is 0 Å². The van der Waals surface area contributed by atoms with Gasteiger partial charge in [-0.25, -0.2) is 13.1 Å². The molecule has 2 aromatic rings. The molecule has 0 unspecified atom stereocenters. The Balaban J connectivity index is 1.86. The van der Waals surface area contributed by atoms with Crippen molar-refractivity contribution in [3.05, 3.63) is 52.1 Å². The second kappa shape index (κ2) is 9.50. The number of hydrogen-bond donors (Lipinski definition) is 1. The molecule has 0 aromatic heterocycles. The van der Waals surface area contributed by atoms with Gasteiger partial charge in [-0.05, 0) is 68.6 Å². The highest BCUT2D eigenvalue weighted by molar-refractivity contribution is 7.90. The SMILES string of the molecule is CCN1CCN(c2ccc(C(=O)NS(=O)(=O)c3c(C)cc(C)c(C)c3C)c(OC)c2)CC1. The Morgan fingerprint density at radius 3 is 2.25 bits per heavy atom. The van der Waals surface area contributed by atoms with Crippen LogP contribution in [-0.4, -0.2) is 59.1 Å². The van der Waals surface area contributed by atoms with Crippen LogP contribution in [0.3, 0.4) is 0 Å². The number of benzene rings is 2. The molecule has 7 nitrogen and oxygen atoms in total. The fourth-order valence-electron chi connectivity index (χ4n) is 4.29. The number of piperazine rings is 1. The number of likely N-dealkylation sites (N-methyl/N-ethyl adjacent to an activating group) is 1. The molecule has 174 valence electrons. The minimum absolute atomic E-state index is 0.151. The number of hydrogen-bond acceptors (Lipinski definition) is 6. The minimum Gasteiger partial charge on any atom is -0.496 e. The standard InChI is InChI=1S/C24H33N3O4S/c1-7-26-10-12-27(13-11-26)20-8-9-21(22(15-20)31-6)24(28)25-32(29,30)23-17(3)14-16(2)18(4)19(23)5/h8-9,14-15H,7,10-13H2,1-6H3,(H,25,28). The second-order valence-electron chi connectivity index (χ2n) is 8.33. The molecule has 0 saturated carbocycles. The van der Waals surface area contributed by atoms with Crippen LogP contribution >= 0.6 is 0 Å². The van der Waals surface area contributed by atoms with Crippen molar-refractivity contribution >= 4 is 21.6 Å². The van der Waals surface area contributed by atoms with Crippen LogP contribution in [0.4, 0.5) is 5.69 Å². The monoisotopic (exact) mass is 459 g/mol. The Hall–Kier alpha value is -2.58. The fraction of sp³-hybridized carbons (Fsp3) is 0.458. The number of ether oxygens (including phenoxy) is 1. The van der Waals surface area contributed by atoms with E-state index < -0.39 is 15.9 Å². The molecule has 1 N–H and O–H groups in total. The zero-order chi connectivity index (χ0) is 23.6. The van der Waals surface area contributed by atoms with Crippen LogP contribution in [-0.2, 0) is 10.0 Å². The lowest BCUT2D eigenvalue weighted by atomic mass is 10.0. The summed E-state index contributed by atoms with van der Waals surface area (Å²) in [6.07, 6.45) is 0. The van der Waals surface area contributed by atoms with Gasteiger partial charge in [-0.15, -0.1) is 0 Å². The van der Waals surface area contributed by atoms with Crippen molar-refractivity contribution in [2.75, 3.05) is 44.7 Å². The largest absolute Gasteiger partial charge is 0.496 e. The Labute approximate surface area is 191 Å². The molecule has 0 aliphatic carbocycles. The minimum atomic E-state index is -4.04. The lowest BCUT2D eigenvalue weighted by molar-refractivity contribution is 0.0978. The highest BCUT2D eigenvalue weighted by Crippen LogP contribution is 2.29. The number of methoxy groups -OCH3 is 1. The van der Waals surface area contributed by atoms with Crippen molar-refractivity contribution in [1.82, 2.24) is 9.62 Å². The maximum Gasteiger partial charge on any atom is 0.268 e. The van der Waals surface area contributed by atoms with Crippen molar-refractivity contribution in [2.24, 2.45) is 0 Å². The highest BCUT2D eigenvalue weighted by atomic mass is 32.2. The molecule has 0 spiro atoms. The zero-order valence-electron chi connectivity index (χ0n) is 19.8. The van der Waals surface area contributed by atoms with Gasteiger partial charge in [0.2, 0.25) is 0 Å². The summed E-state index contributed by atoms with van der Waals surface area (Å²) in [6.45, 7) is 14.3. The lowest BCUT2D eigenvalue weighted by Gasteiger charge is -2.35. The van der Waals surface area contributed by atoms with Crippen LogP contribution in [0, 0.1) is 27.7 Å². The first-order valence-corrected chi connectivity index (χ1v) is 12.4. The molecular formula is C24H33N3O4S. The molecule has 0 atom stereocenters. The van der Waals surface area contributed by atoms with Gasteiger partial charge in [-0.2, -0.15) is 0 Å². The predicted octanol–water partition coefficient (Wildman–Crippen LogP) is 3.19. The van der Waals surface area contributed by atoms with Crippen LogP contribution in [0.15, 0.2) is 29.2 Å². The Bertz CT molecular complexity index is 1120. The van der Waals surface area contributed by atoms with Gasteiger partial charge in [0.25, 0.3) is 15.9 Å². The topological polar surface area (TPSA) is 79.0 Å². The number of aryl methyl sites for hydroxylation is 2. The number of sulfonamides is 1. The van der Waals surface area contributed by atoms with E-state index in [-0.39, 0.29) is 10.5 Å². The molecule has 1 amide bonds. The number of carbonyl (C=O) groups is 1. The van der Waals surface area contributed by atoms with E-state index in [0.29, 0.717) is 16.9 Å². The summed E-state index contributed by atoms with van der Waals surface area (Å²) in [7, 11) is -2.56. The summed E-state index contributed by atoms with van der Waals surface area (Å²) in [4.78, 5) is 17.7. The number of anilines is 1. The Kier molecular flexibility index (Phi) is 7.15. The number of nitrogens with zero attached hydrogens (tertiary/aromatic N) is 2. The summed E-state index contributed by atoms with van der Waals surface area (Å²) in [5, 5.41) is 0. The average Bonchev–Trinajstić information content (AvgIpc) is 2.76. The maximum absolute atomic E-state index is 13.1. The number of rotatable bonds is 6. The number of amides is 1. The maximum atomic E-state index is 13.1. The van der Waals surface area contributed by atoms with Crippen molar-refractivity contribution < 1.29 is 17.9 Å². The quantitative estimate of drug-likeness (QED) is 0.715.